The number of hydrogen-bond acceptors (Lipinski definition) is 1. The number of nitrogens with two attached hydrogens (primary N) is 1. The third kappa shape index (κ3) is 2.39. The van der Waals surface area contributed by atoms with Gasteiger partial charge in [-0.25, -0.2) is 0 Å². The first-order chi connectivity index (χ1) is 9.87. The van der Waals surface area contributed by atoms with Gasteiger partial charge in [0, 0.05) is 0 Å². The van der Waals surface area contributed by atoms with Crippen molar-refractivity contribution in [1.82, 2.24) is 0 Å². The van der Waals surface area contributed by atoms with Crippen molar-refractivity contribution in [3.8, 4) is 11.1 Å². The first-order valence-corrected chi connectivity index (χ1v) is 6.45. The van der Waals surface area contributed by atoms with Gasteiger partial charge in [-0.3, -0.25) is 4.79 Å². The number of carbonyl (C=O) groups is 1. The minimum atomic E-state index is -4.28. The molecule has 0 spiro atoms. The summed E-state index contributed by atoms with van der Waals surface area (Å²) in [5.41, 5.74) is 8.53. The highest BCUT2D eigenvalue weighted by molar-refractivity contribution is 5.95. The van der Waals surface area contributed by atoms with Crippen LogP contribution in [-0.2, 0) is 11.2 Å². The van der Waals surface area contributed by atoms with Gasteiger partial charge in [-0.15, -0.1) is 0 Å². The number of alkyl halides is 3. The fourth-order valence-electron chi connectivity index (χ4n) is 2.91. The van der Waals surface area contributed by atoms with E-state index in [0.717, 1.165) is 16.7 Å². The molecule has 0 radical (unpaired) electrons. The number of amides is 1. The largest absolute Gasteiger partial charge is 0.393 e. The molecule has 1 aliphatic carbocycles. The van der Waals surface area contributed by atoms with Gasteiger partial charge in [0.05, 0.1) is 12.3 Å². The molecule has 108 valence electrons. The van der Waals surface area contributed by atoms with Crippen LogP contribution in [0.4, 0.5) is 13.2 Å². The Morgan fingerprint density at radius 1 is 1.05 bits per heavy atom. The lowest BCUT2D eigenvalue weighted by Crippen LogP contribution is -2.21. The summed E-state index contributed by atoms with van der Waals surface area (Å²) in [6, 6.07) is 11.8. The van der Waals surface area contributed by atoms with Crippen LogP contribution in [0, 0.1) is 0 Å². The van der Waals surface area contributed by atoms with Crippen LogP contribution in [0.2, 0.25) is 0 Å². The minimum absolute atomic E-state index is 0.139. The predicted octanol–water partition coefficient (Wildman–Crippen LogP) is 3.39. The topological polar surface area (TPSA) is 43.1 Å². The zero-order valence-electron chi connectivity index (χ0n) is 10.9. The maximum absolute atomic E-state index is 12.5. The van der Waals surface area contributed by atoms with E-state index in [4.69, 9.17) is 5.73 Å². The molecule has 0 aromatic heterocycles. The van der Waals surface area contributed by atoms with Crippen molar-refractivity contribution in [2.45, 2.75) is 18.5 Å². The van der Waals surface area contributed by atoms with E-state index in [0.29, 0.717) is 5.56 Å². The first kappa shape index (κ1) is 13.7. The Bertz CT molecular complexity index is 722. The Morgan fingerprint density at radius 2 is 1.71 bits per heavy atom. The monoisotopic (exact) mass is 291 g/mol. The Labute approximate surface area is 119 Å². The molecule has 2 N–H and O–H groups in total. The van der Waals surface area contributed by atoms with Crippen LogP contribution < -0.4 is 5.73 Å². The zero-order chi connectivity index (χ0) is 15.2. The van der Waals surface area contributed by atoms with Crippen LogP contribution >= 0.6 is 0 Å². The molecule has 0 aliphatic heterocycles. The number of rotatable bonds is 2. The van der Waals surface area contributed by atoms with Crippen LogP contribution in [0.15, 0.2) is 42.5 Å². The molecule has 1 amide bonds. The second-order valence-corrected chi connectivity index (χ2v) is 5.14. The highest BCUT2D eigenvalue weighted by atomic mass is 19.4. The molecule has 0 saturated carbocycles. The molecule has 2 aromatic carbocycles. The maximum Gasteiger partial charge on any atom is 0.393 e. The molecule has 0 saturated heterocycles. The molecular formula is C16H12F3NO. The van der Waals surface area contributed by atoms with Crippen molar-refractivity contribution in [2.75, 3.05) is 0 Å². The van der Waals surface area contributed by atoms with Gasteiger partial charge in [0.1, 0.15) is 0 Å². The maximum atomic E-state index is 12.5. The zero-order valence-corrected chi connectivity index (χ0v) is 10.9. The van der Waals surface area contributed by atoms with Gasteiger partial charge in [-0.1, -0.05) is 42.5 Å². The smallest absolute Gasteiger partial charge is 0.369 e. The van der Waals surface area contributed by atoms with E-state index in [1.807, 2.05) is 12.1 Å². The van der Waals surface area contributed by atoms with Crippen molar-refractivity contribution in [3.05, 3.63) is 59.2 Å². The highest BCUT2D eigenvalue weighted by Crippen LogP contribution is 2.45. The fraction of sp³-hybridized carbons (Fsp3) is 0.188. The summed E-state index contributed by atoms with van der Waals surface area (Å²) in [5.74, 6) is -1.23. The van der Waals surface area contributed by atoms with Gasteiger partial charge in [0.15, 0.2) is 0 Å². The van der Waals surface area contributed by atoms with Crippen molar-refractivity contribution >= 4 is 5.91 Å². The molecule has 21 heavy (non-hydrogen) atoms. The van der Waals surface area contributed by atoms with Gasteiger partial charge in [-0.2, -0.15) is 13.2 Å². The van der Waals surface area contributed by atoms with E-state index in [2.05, 4.69) is 0 Å². The molecule has 1 aliphatic rings. The molecular weight excluding hydrogens is 279 g/mol. The fourth-order valence-corrected chi connectivity index (χ4v) is 2.91. The third-order valence-electron chi connectivity index (χ3n) is 3.68. The van der Waals surface area contributed by atoms with Crippen molar-refractivity contribution in [3.63, 3.8) is 0 Å². The highest BCUT2D eigenvalue weighted by Gasteiger charge is 2.34. The lowest BCUT2D eigenvalue weighted by atomic mass is 9.94. The van der Waals surface area contributed by atoms with E-state index in [9.17, 15) is 18.0 Å². The van der Waals surface area contributed by atoms with Gasteiger partial charge in [-0.05, 0) is 27.8 Å². The predicted molar refractivity (Wildman–Crippen MR) is 72.7 cm³/mol. The average Bonchev–Trinajstić information content (AvgIpc) is 2.70. The van der Waals surface area contributed by atoms with E-state index >= 15 is 0 Å². The van der Waals surface area contributed by atoms with Crippen LogP contribution in [0.25, 0.3) is 11.1 Å². The van der Waals surface area contributed by atoms with Crippen LogP contribution in [0.3, 0.4) is 0 Å². The van der Waals surface area contributed by atoms with Crippen LogP contribution in [0.1, 0.15) is 22.6 Å². The molecule has 5 heteroatoms. The number of fused-ring (bicyclic) bond motifs is 3. The van der Waals surface area contributed by atoms with Crippen LogP contribution in [0.5, 0.6) is 0 Å². The Hall–Kier alpha value is -2.30. The summed E-state index contributed by atoms with van der Waals surface area (Å²) in [4.78, 5) is 11.7. The first-order valence-electron chi connectivity index (χ1n) is 6.45. The molecule has 2 nitrogen and oxygen atoms in total. The summed E-state index contributed by atoms with van der Waals surface area (Å²) in [5, 5.41) is 0. The van der Waals surface area contributed by atoms with Gasteiger partial charge >= 0.3 is 6.18 Å². The summed E-state index contributed by atoms with van der Waals surface area (Å²) < 4.78 is 37.6. The SMILES string of the molecule is NC(=O)C1c2ccccc2-c2ccc(CC(F)(F)F)cc21. The van der Waals surface area contributed by atoms with E-state index in [1.54, 1.807) is 18.2 Å². The normalized spacial score (nSPS) is 16.4. The number of hydrogen-bond donors (Lipinski definition) is 1. The molecule has 2 aromatic rings. The van der Waals surface area contributed by atoms with Crippen LogP contribution in [-0.4, -0.2) is 12.1 Å². The van der Waals surface area contributed by atoms with E-state index in [1.165, 1.54) is 12.1 Å². The van der Waals surface area contributed by atoms with Crippen molar-refractivity contribution in [2.24, 2.45) is 5.73 Å². The van der Waals surface area contributed by atoms with E-state index < -0.39 is 24.4 Å². The summed E-state index contributed by atoms with van der Waals surface area (Å²) in [7, 11) is 0. The molecule has 0 bridgehead atoms. The standard InChI is InChI=1S/C16H12F3NO/c17-16(18,19)8-9-5-6-11-10-3-1-2-4-12(10)14(15(20)21)13(11)7-9/h1-7,14H,8H2,(H2,20,21). The number of benzene rings is 2. The summed E-state index contributed by atoms with van der Waals surface area (Å²) in [6.45, 7) is 0. The van der Waals surface area contributed by atoms with Crippen molar-refractivity contribution < 1.29 is 18.0 Å². The lowest BCUT2D eigenvalue weighted by Gasteiger charge is -2.11. The number of carbonyl (C=O) groups excluding carboxylic acids is 1. The van der Waals surface area contributed by atoms with Gasteiger partial charge < -0.3 is 5.73 Å². The Kier molecular flexibility index (Phi) is 3.01. The average molecular weight is 291 g/mol. The van der Waals surface area contributed by atoms with E-state index in [-0.39, 0.29) is 5.56 Å². The number of primary amides is 1. The molecule has 0 heterocycles. The van der Waals surface area contributed by atoms with Gasteiger partial charge in [0.25, 0.3) is 0 Å². The Balaban J connectivity index is 2.12. The molecule has 1 atom stereocenters. The third-order valence-corrected chi connectivity index (χ3v) is 3.68. The molecule has 0 fully saturated rings. The Morgan fingerprint density at radius 3 is 2.38 bits per heavy atom. The van der Waals surface area contributed by atoms with Gasteiger partial charge in [0.2, 0.25) is 5.91 Å². The second-order valence-electron chi connectivity index (χ2n) is 5.14. The minimum Gasteiger partial charge on any atom is -0.369 e. The molecule has 3 rings (SSSR count). The summed E-state index contributed by atoms with van der Waals surface area (Å²) in [6.07, 6.45) is -5.29. The summed E-state index contributed by atoms with van der Waals surface area (Å²) >= 11 is 0. The second kappa shape index (κ2) is 4.62. The van der Waals surface area contributed by atoms with Crippen molar-refractivity contribution in [1.29, 1.82) is 0 Å². The molecule has 1 unspecified atom stereocenters. The lowest BCUT2D eigenvalue weighted by molar-refractivity contribution is -0.127. The number of halogens is 3. The quantitative estimate of drug-likeness (QED) is 0.905.